The molecule has 0 heterocycles. The standard InChI is InChI=1S/C16H26N2O2/c1-16(2,3)20-15(19)13-18(11-7-10-17)12-14-8-5-4-6-9-14/h4-6,8-9H,7,10-13,17H2,1-3H3. The number of carbonyl (C=O) groups is 1. The summed E-state index contributed by atoms with van der Waals surface area (Å²) in [6, 6.07) is 10.1. The number of hydrogen-bond acceptors (Lipinski definition) is 4. The molecule has 0 radical (unpaired) electrons. The van der Waals surface area contributed by atoms with Gasteiger partial charge in [0.05, 0.1) is 6.54 Å². The third-order valence-corrected chi connectivity index (χ3v) is 2.70. The van der Waals surface area contributed by atoms with Crippen molar-refractivity contribution in [2.75, 3.05) is 19.6 Å². The molecule has 0 fully saturated rings. The van der Waals surface area contributed by atoms with Crippen LogP contribution in [0.25, 0.3) is 0 Å². The fraction of sp³-hybridized carbons (Fsp3) is 0.562. The largest absolute Gasteiger partial charge is 0.459 e. The molecule has 0 aliphatic carbocycles. The summed E-state index contributed by atoms with van der Waals surface area (Å²) in [6.07, 6.45) is 0.871. The second kappa shape index (κ2) is 8.02. The molecule has 4 heteroatoms. The van der Waals surface area contributed by atoms with Gasteiger partial charge in [0.2, 0.25) is 0 Å². The number of rotatable bonds is 7. The molecule has 0 unspecified atom stereocenters. The van der Waals surface area contributed by atoms with Crippen molar-refractivity contribution >= 4 is 5.97 Å². The van der Waals surface area contributed by atoms with Crippen molar-refractivity contribution in [2.45, 2.75) is 39.3 Å². The molecule has 0 amide bonds. The molecule has 20 heavy (non-hydrogen) atoms. The zero-order valence-corrected chi connectivity index (χ0v) is 12.8. The first-order chi connectivity index (χ1) is 9.40. The van der Waals surface area contributed by atoms with Gasteiger partial charge in [0.15, 0.2) is 0 Å². The van der Waals surface area contributed by atoms with Crippen molar-refractivity contribution in [2.24, 2.45) is 5.73 Å². The Morgan fingerprint density at radius 2 is 1.90 bits per heavy atom. The fourth-order valence-corrected chi connectivity index (χ4v) is 1.93. The maximum atomic E-state index is 11.9. The molecule has 4 nitrogen and oxygen atoms in total. The Kier molecular flexibility index (Phi) is 6.68. The van der Waals surface area contributed by atoms with Gasteiger partial charge in [-0.3, -0.25) is 9.69 Å². The molecule has 2 N–H and O–H groups in total. The fourth-order valence-electron chi connectivity index (χ4n) is 1.93. The number of esters is 1. The number of hydrogen-bond donors (Lipinski definition) is 1. The molecule has 0 aromatic heterocycles. The average Bonchev–Trinajstić information content (AvgIpc) is 2.35. The maximum absolute atomic E-state index is 11.9. The van der Waals surface area contributed by atoms with Gasteiger partial charge in [-0.1, -0.05) is 30.3 Å². The Morgan fingerprint density at radius 1 is 1.25 bits per heavy atom. The molecule has 0 aliphatic heterocycles. The first kappa shape index (κ1) is 16.7. The third kappa shape index (κ3) is 7.26. The van der Waals surface area contributed by atoms with Crippen molar-refractivity contribution in [1.29, 1.82) is 0 Å². The van der Waals surface area contributed by atoms with Crippen LogP contribution in [-0.4, -0.2) is 36.1 Å². The lowest BCUT2D eigenvalue weighted by Gasteiger charge is -2.25. The van der Waals surface area contributed by atoms with Gasteiger partial charge in [-0.25, -0.2) is 0 Å². The van der Waals surface area contributed by atoms with E-state index in [1.807, 2.05) is 39.0 Å². The van der Waals surface area contributed by atoms with Crippen LogP contribution in [0.4, 0.5) is 0 Å². The van der Waals surface area contributed by atoms with E-state index in [1.54, 1.807) is 0 Å². The van der Waals surface area contributed by atoms with Crippen LogP contribution >= 0.6 is 0 Å². The molecule has 1 aromatic carbocycles. The lowest BCUT2D eigenvalue weighted by Crippen LogP contribution is -2.35. The van der Waals surface area contributed by atoms with Crippen molar-refractivity contribution in [1.82, 2.24) is 4.90 Å². The van der Waals surface area contributed by atoms with Crippen molar-refractivity contribution in [3.8, 4) is 0 Å². The highest BCUT2D eigenvalue weighted by Crippen LogP contribution is 2.09. The normalized spacial score (nSPS) is 11.7. The lowest BCUT2D eigenvalue weighted by atomic mass is 10.2. The summed E-state index contributed by atoms with van der Waals surface area (Å²) in [5, 5.41) is 0. The molecular weight excluding hydrogens is 252 g/mol. The minimum atomic E-state index is -0.441. The molecule has 1 rings (SSSR count). The van der Waals surface area contributed by atoms with Gasteiger partial charge >= 0.3 is 5.97 Å². The molecule has 0 saturated heterocycles. The van der Waals surface area contributed by atoms with Crippen LogP contribution in [0.3, 0.4) is 0 Å². The Labute approximate surface area is 121 Å². The highest BCUT2D eigenvalue weighted by molar-refractivity contribution is 5.72. The van der Waals surface area contributed by atoms with Gasteiger partial charge in [-0.05, 0) is 39.3 Å². The monoisotopic (exact) mass is 278 g/mol. The predicted molar refractivity (Wildman–Crippen MR) is 81.2 cm³/mol. The Bertz CT molecular complexity index is 399. The molecule has 0 aliphatic rings. The van der Waals surface area contributed by atoms with Crippen LogP contribution in [-0.2, 0) is 16.1 Å². The van der Waals surface area contributed by atoms with Crippen LogP contribution in [0.2, 0.25) is 0 Å². The van der Waals surface area contributed by atoms with Crippen molar-refractivity contribution < 1.29 is 9.53 Å². The van der Waals surface area contributed by atoms with Crippen LogP contribution in [0.15, 0.2) is 30.3 Å². The summed E-state index contributed by atoms with van der Waals surface area (Å²) in [7, 11) is 0. The Balaban J connectivity index is 2.57. The zero-order chi connectivity index (χ0) is 15.0. The SMILES string of the molecule is CC(C)(C)OC(=O)CN(CCCN)Cc1ccccc1. The van der Waals surface area contributed by atoms with E-state index in [2.05, 4.69) is 17.0 Å². The summed E-state index contributed by atoms with van der Waals surface area (Å²) >= 11 is 0. The lowest BCUT2D eigenvalue weighted by molar-refractivity contribution is -0.156. The highest BCUT2D eigenvalue weighted by atomic mass is 16.6. The third-order valence-electron chi connectivity index (χ3n) is 2.70. The van der Waals surface area contributed by atoms with Crippen LogP contribution in [0.1, 0.15) is 32.8 Å². The van der Waals surface area contributed by atoms with Crippen molar-refractivity contribution in [3.05, 3.63) is 35.9 Å². The number of nitrogens with zero attached hydrogens (tertiary/aromatic N) is 1. The van der Waals surface area contributed by atoms with Gasteiger partial charge in [0, 0.05) is 13.1 Å². The van der Waals surface area contributed by atoms with Gasteiger partial charge in [-0.15, -0.1) is 0 Å². The van der Waals surface area contributed by atoms with E-state index in [-0.39, 0.29) is 5.97 Å². The summed E-state index contributed by atoms with van der Waals surface area (Å²) < 4.78 is 5.37. The van der Waals surface area contributed by atoms with Crippen LogP contribution in [0, 0.1) is 0 Å². The number of carbonyl (C=O) groups excluding carboxylic acids is 1. The van der Waals surface area contributed by atoms with Gasteiger partial charge in [0.25, 0.3) is 0 Å². The van der Waals surface area contributed by atoms with E-state index in [9.17, 15) is 4.79 Å². The van der Waals surface area contributed by atoms with Gasteiger partial charge < -0.3 is 10.5 Å². The van der Waals surface area contributed by atoms with Crippen LogP contribution < -0.4 is 5.73 Å². The number of nitrogens with two attached hydrogens (primary N) is 1. The molecule has 0 saturated carbocycles. The second-order valence-electron chi connectivity index (χ2n) is 5.92. The summed E-state index contributed by atoms with van der Waals surface area (Å²) in [6.45, 7) is 8.10. The Morgan fingerprint density at radius 3 is 2.45 bits per heavy atom. The molecule has 0 spiro atoms. The minimum absolute atomic E-state index is 0.189. The molecular formula is C16H26N2O2. The molecule has 0 bridgehead atoms. The summed E-state index contributed by atoms with van der Waals surface area (Å²) in [4.78, 5) is 14.0. The summed E-state index contributed by atoms with van der Waals surface area (Å²) in [5.41, 5.74) is 6.31. The van der Waals surface area contributed by atoms with Crippen molar-refractivity contribution in [3.63, 3.8) is 0 Å². The van der Waals surface area contributed by atoms with Gasteiger partial charge in [-0.2, -0.15) is 0 Å². The van der Waals surface area contributed by atoms with E-state index >= 15 is 0 Å². The minimum Gasteiger partial charge on any atom is -0.459 e. The molecule has 1 aromatic rings. The van der Waals surface area contributed by atoms with E-state index in [4.69, 9.17) is 10.5 Å². The maximum Gasteiger partial charge on any atom is 0.320 e. The first-order valence-corrected chi connectivity index (χ1v) is 7.09. The average molecular weight is 278 g/mol. The molecule has 0 atom stereocenters. The summed E-state index contributed by atoms with van der Waals surface area (Å²) in [5.74, 6) is -0.189. The quantitative estimate of drug-likeness (QED) is 0.777. The zero-order valence-electron chi connectivity index (χ0n) is 12.8. The highest BCUT2D eigenvalue weighted by Gasteiger charge is 2.18. The molecule has 112 valence electrons. The topological polar surface area (TPSA) is 55.6 Å². The number of ether oxygens (including phenoxy) is 1. The van der Waals surface area contributed by atoms with E-state index in [0.29, 0.717) is 13.1 Å². The number of benzene rings is 1. The smallest absolute Gasteiger partial charge is 0.320 e. The first-order valence-electron chi connectivity index (χ1n) is 7.09. The predicted octanol–water partition coefficient (Wildman–Crippen LogP) is 2.18. The second-order valence-corrected chi connectivity index (χ2v) is 5.92. The van der Waals surface area contributed by atoms with Crippen LogP contribution in [0.5, 0.6) is 0 Å². The van der Waals surface area contributed by atoms with E-state index in [1.165, 1.54) is 5.56 Å². The van der Waals surface area contributed by atoms with E-state index in [0.717, 1.165) is 19.5 Å². The van der Waals surface area contributed by atoms with Gasteiger partial charge in [0.1, 0.15) is 5.60 Å². The Hall–Kier alpha value is -1.39. The van der Waals surface area contributed by atoms with E-state index < -0.39 is 5.60 Å².